The largest absolute Gasteiger partial charge is 0.309 e. The van der Waals surface area contributed by atoms with Crippen molar-refractivity contribution in [3.63, 3.8) is 0 Å². The lowest BCUT2D eigenvalue weighted by Crippen LogP contribution is -2.28. The van der Waals surface area contributed by atoms with Crippen LogP contribution in [-0.2, 0) is 16.2 Å². The molecule has 0 saturated heterocycles. The molecule has 0 N–H and O–H groups in total. The van der Waals surface area contributed by atoms with Crippen LogP contribution >= 0.6 is 31.9 Å². The fourth-order valence-corrected chi connectivity index (χ4v) is 11.9. The van der Waals surface area contributed by atoms with E-state index in [2.05, 4.69) is 263 Å². The quantitative estimate of drug-likeness (QED) is 0.162. The van der Waals surface area contributed by atoms with E-state index in [1.165, 1.54) is 94.1 Å². The van der Waals surface area contributed by atoms with Crippen LogP contribution in [0.2, 0.25) is 0 Å². The number of hydrogen-bond acceptors (Lipinski definition) is 0. The van der Waals surface area contributed by atoms with E-state index in [9.17, 15) is 0 Å². The third kappa shape index (κ3) is 5.46. The van der Waals surface area contributed by atoms with Gasteiger partial charge in [-0.3, -0.25) is 0 Å². The third-order valence-corrected chi connectivity index (χ3v) is 15.1. The van der Waals surface area contributed by atoms with Crippen molar-refractivity contribution in [3.05, 3.63) is 265 Å². The molecule has 9 aromatic carbocycles. The van der Waals surface area contributed by atoms with E-state index in [1.807, 2.05) is 0 Å². The van der Waals surface area contributed by atoms with Crippen LogP contribution in [0.15, 0.2) is 215 Å². The average Bonchev–Trinajstić information content (AvgIpc) is 3.92. The molecule has 12 rings (SSSR count). The van der Waals surface area contributed by atoms with Crippen molar-refractivity contribution in [2.45, 2.75) is 37.0 Å². The van der Waals surface area contributed by atoms with Crippen LogP contribution < -0.4 is 0 Å². The second-order valence-corrected chi connectivity index (χ2v) is 20.1. The van der Waals surface area contributed by atoms with E-state index in [1.54, 1.807) is 0 Å². The molecule has 0 radical (unpaired) electrons. The summed E-state index contributed by atoms with van der Waals surface area (Å²) in [6.07, 6.45) is 0. The summed E-state index contributed by atoms with van der Waals surface area (Å²) in [5.74, 6) is 0. The second-order valence-electron chi connectivity index (χ2n) is 18.3. The highest BCUT2D eigenvalue weighted by atomic mass is 79.9. The predicted octanol–water partition coefficient (Wildman–Crippen LogP) is 16.3. The highest BCUT2D eigenvalue weighted by Gasteiger charge is 2.48. The summed E-state index contributed by atoms with van der Waals surface area (Å²) >= 11 is 7.53. The lowest BCUT2D eigenvalue weighted by molar-refractivity contribution is 0.590. The summed E-state index contributed by atoms with van der Waals surface area (Å²) in [5, 5.41) is 2.46. The molecule has 10 aromatic rings. The van der Waals surface area contributed by atoms with E-state index >= 15 is 0 Å². The van der Waals surface area contributed by atoms with Crippen LogP contribution in [0.5, 0.6) is 0 Å². The van der Waals surface area contributed by atoms with Crippen molar-refractivity contribution in [3.8, 4) is 27.9 Å². The zero-order valence-corrected chi connectivity index (χ0v) is 38.5. The smallest absolute Gasteiger partial charge is 0.0713 e. The maximum atomic E-state index is 3.77. The Labute approximate surface area is 386 Å². The summed E-state index contributed by atoms with van der Waals surface area (Å²) in [7, 11) is 0. The minimum atomic E-state index is -0.537. The topological polar surface area (TPSA) is 4.93 Å². The number of benzene rings is 9. The summed E-state index contributed by atoms with van der Waals surface area (Å²) in [6, 6.07) is 77.9. The first-order valence-electron chi connectivity index (χ1n) is 21.8. The zero-order chi connectivity index (χ0) is 42.7. The van der Waals surface area contributed by atoms with Gasteiger partial charge in [0.25, 0.3) is 0 Å². The molecule has 3 heteroatoms. The van der Waals surface area contributed by atoms with Gasteiger partial charge in [-0.1, -0.05) is 198 Å². The van der Waals surface area contributed by atoms with Gasteiger partial charge in [0, 0.05) is 25.4 Å². The molecule has 0 unspecified atom stereocenters. The maximum absolute atomic E-state index is 3.77. The fourth-order valence-electron chi connectivity index (χ4n) is 11.3. The normalized spacial score (nSPS) is 14.4. The molecule has 1 aromatic heterocycles. The molecule has 0 atom stereocenters. The molecule has 0 spiro atoms. The Balaban J connectivity index is 1.20. The van der Waals surface area contributed by atoms with Crippen molar-refractivity contribution in [2.75, 3.05) is 0 Å². The Bertz CT molecular complexity index is 3150. The van der Waals surface area contributed by atoms with Crippen molar-refractivity contribution in [1.82, 2.24) is 4.57 Å². The van der Waals surface area contributed by atoms with Gasteiger partial charge in [-0.05, 0) is 138 Å². The van der Waals surface area contributed by atoms with Crippen LogP contribution in [0, 0.1) is 0 Å². The van der Waals surface area contributed by atoms with E-state index in [-0.39, 0.29) is 5.41 Å². The van der Waals surface area contributed by atoms with Crippen LogP contribution in [0.25, 0.3) is 49.7 Å². The van der Waals surface area contributed by atoms with Gasteiger partial charge in [-0.15, -0.1) is 0 Å². The van der Waals surface area contributed by atoms with Gasteiger partial charge in [-0.2, -0.15) is 0 Å². The maximum Gasteiger partial charge on any atom is 0.0713 e. The molecule has 2 aliphatic rings. The Morgan fingerprint density at radius 3 is 1.05 bits per heavy atom. The lowest BCUT2D eigenvalue weighted by atomic mass is 9.67. The Morgan fingerprint density at radius 2 is 0.698 bits per heavy atom. The first-order valence-corrected chi connectivity index (χ1v) is 23.4. The molecular weight excluding hydrogens is 894 g/mol. The van der Waals surface area contributed by atoms with Gasteiger partial charge in [0.2, 0.25) is 0 Å². The number of fused-ring (bicyclic) bond motifs is 9. The number of hydrogen-bond donors (Lipinski definition) is 0. The summed E-state index contributed by atoms with van der Waals surface area (Å²) in [6.45, 7) is 6.85. The number of aromatic nitrogens is 1. The second kappa shape index (κ2) is 14.1. The molecule has 0 fully saturated rings. The van der Waals surface area contributed by atoms with Crippen LogP contribution in [0.3, 0.4) is 0 Å². The van der Waals surface area contributed by atoms with E-state index in [0.717, 1.165) is 14.6 Å². The van der Waals surface area contributed by atoms with Crippen molar-refractivity contribution in [1.29, 1.82) is 0 Å². The molecule has 0 aliphatic heterocycles. The van der Waals surface area contributed by atoms with Crippen molar-refractivity contribution >= 4 is 53.7 Å². The predicted molar refractivity (Wildman–Crippen MR) is 269 cm³/mol. The molecule has 63 heavy (non-hydrogen) atoms. The SMILES string of the molecule is CC(C)(C)c1ccc(-n2c3ccc(C4(c5ccc(Br)cc5)c5ccccc5-c5ccccc54)cc3c3cc(C4(c5ccc(Br)cc5)c5ccccc5-c5ccccc54)ccc32)cc1. The molecule has 0 bridgehead atoms. The molecular formula is C60H43Br2N. The fraction of sp³-hybridized carbons (Fsp3) is 0.100. The summed E-state index contributed by atoms with van der Waals surface area (Å²) in [5.41, 5.74) is 19.2. The van der Waals surface area contributed by atoms with Gasteiger partial charge in [0.05, 0.1) is 21.9 Å². The van der Waals surface area contributed by atoms with Crippen LogP contribution in [0.4, 0.5) is 0 Å². The molecule has 2 aliphatic carbocycles. The van der Waals surface area contributed by atoms with E-state index in [0.29, 0.717) is 0 Å². The van der Waals surface area contributed by atoms with Crippen molar-refractivity contribution in [2.24, 2.45) is 0 Å². The minimum Gasteiger partial charge on any atom is -0.309 e. The van der Waals surface area contributed by atoms with Crippen LogP contribution in [-0.4, -0.2) is 4.57 Å². The zero-order valence-electron chi connectivity index (χ0n) is 35.3. The lowest BCUT2D eigenvalue weighted by Gasteiger charge is -2.34. The van der Waals surface area contributed by atoms with E-state index in [4.69, 9.17) is 0 Å². The highest BCUT2D eigenvalue weighted by molar-refractivity contribution is 9.10. The van der Waals surface area contributed by atoms with Gasteiger partial charge >= 0.3 is 0 Å². The molecule has 1 nitrogen and oxygen atoms in total. The molecule has 0 saturated carbocycles. The summed E-state index contributed by atoms with van der Waals surface area (Å²) < 4.78 is 4.62. The third-order valence-electron chi connectivity index (χ3n) is 14.1. The first kappa shape index (κ1) is 38.4. The number of halogens is 2. The number of rotatable bonds is 5. The van der Waals surface area contributed by atoms with Gasteiger partial charge in [0.1, 0.15) is 0 Å². The van der Waals surface area contributed by atoms with Gasteiger partial charge < -0.3 is 4.57 Å². The average molecular weight is 938 g/mol. The minimum absolute atomic E-state index is 0.0492. The van der Waals surface area contributed by atoms with Crippen LogP contribution in [0.1, 0.15) is 70.8 Å². The van der Waals surface area contributed by atoms with Gasteiger partial charge in [-0.25, -0.2) is 0 Å². The van der Waals surface area contributed by atoms with Crippen molar-refractivity contribution < 1.29 is 0 Å². The monoisotopic (exact) mass is 935 g/mol. The molecule has 0 amide bonds. The summed E-state index contributed by atoms with van der Waals surface area (Å²) in [4.78, 5) is 0. The Morgan fingerprint density at radius 1 is 0.365 bits per heavy atom. The number of nitrogens with zero attached hydrogens (tertiary/aromatic N) is 1. The van der Waals surface area contributed by atoms with Gasteiger partial charge in [0.15, 0.2) is 0 Å². The van der Waals surface area contributed by atoms with E-state index < -0.39 is 10.8 Å². The molecule has 302 valence electrons. The Hall–Kier alpha value is -6.26. The molecule has 1 heterocycles. The highest BCUT2D eigenvalue weighted by Crippen LogP contribution is 2.59. The first-order chi connectivity index (χ1) is 30.7. The Kier molecular flexibility index (Phi) is 8.61. The standard InChI is InChI=1S/C60H43Br2N/c1-58(2,3)38-24-32-45(33-25-38)63-56-34-26-41(59(39-20-28-43(61)29-21-39)52-16-8-4-12-46(52)47-13-5-9-17-53(47)59)36-50(56)51-37-42(27-35-57(51)63)60(40-22-30-44(62)31-23-40)54-18-10-6-14-48(54)49-15-7-11-19-55(49)60/h4-37H,1-3H3.